The lowest BCUT2D eigenvalue weighted by molar-refractivity contribution is 0.193. The SMILES string of the molecule is Cc1nc(N2CCN(C(=O)NCc3ccco3)CC2)sc1C. The molecule has 7 heteroatoms. The van der Waals surface area contributed by atoms with Crippen LogP contribution >= 0.6 is 11.3 Å². The van der Waals surface area contributed by atoms with Crippen LogP contribution in [0.25, 0.3) is 0 Å². The zero-order chi connectivity index (χ0) is 15.5. The van der Waals surface area contributed by atoms with Gasteiger partial charge in [-0.25, -0.2) is 9.78 Å². The minimum absolute atomic E-state index is 0.0393. The number of piperazine rings is 1. The second-order valence-corrected chi connectivity index (χ2v) is 6.53. The minimum Gasteiger partial charge on any atom is -0.467 e. The van der Waals surface area contributed by atoms with Crippen molar-refractivity contribution in [1.82, 2.24) is 15.2 Å². The van der Waals surface area contributed by atoms with Gasteiger partial charge in [-0.3, -0.25) is 0 Å². The number of amides is 2. The summed E-state index contributed by atoms with van der Waals surface area (Å²) in [5.41, 5.74) is 1.10. The van der Waals surface area contributed by atoms with E-state index in [-0.39, 0.29) is 6.03 Å². The van der Waals surface area contributed by atoms with Crippen LogP contribution in [-0.4, -0.2) is 42.1 Å². The molecule has 118 valence electrons. The number of aryl methyl sites for hydroxylation is 2. The molecule has 0 spiro atoms. The molecule has 2 aromatic heterocycles. The summed E-state index contributed by atoms with van der Waals surface area (Å²) < 4.78 is 5.21. The third kappa shape index (κ3) is 3.24. The van der Waals surface area contributed by atoms with E-state index in [9.17, 15) is 4.79 Å². The molecule has 0 aliphatic carbocycles. The molecule has 3 rings (SSSR count). The summed E-state index contributed by atoms with van der Waals surface area (Å²) in [6, 6.07) is 3.63. The van der Waals surface area contributed by atoms with E-state index in [1.165, 1.54) is 4.88 Å². The first-order valence-corrected chi connectivity index (χ1v) is 8.19. The van der Waals surface area contributed by atoms with Crippen molar-refractivity contribution >= 4 is 22.5 Å². The van der Waals surface area contributed by atoms with Crippen LogP contribution in [0.2, 0.25) is 0 Å². The Labute approximate surface area is 133 Å². The fraction of sp³-hybridized carbons (Fsp3) is 0.467. The quantitative estimate of drug-likeness (QED) is 0.943. The Kier molecular flexibility index (Phi) is 4.33. The number of urea groups is 1. The molecule has 1 saturated heterocycles. The number of hydrogen-bond donors (Lipinski definition) is 1. The topological polar surface area (TPSA) is 61.6 Å². The smallest absolute Gasteiger partial charge is 0.317 e. The number of hydrogen-bond acceptors (Lipinski definition) is 5. The standard InChI is InChI=1S/C15H20N4O2S/c1-11-12(2)22-15(17-11)19-7-5-18(6-8-19)14(20)16-10-13-4-3-9-21-13/h3-4,9H,5-8,10H2,1-2H3,(H,16,20). The van der Waals surface area contributed by atoms with Crippen molar-refractivity contribution in [3.63, 3.8) is 0 Å². The molecule has 0 atom stereocenters. The number of nitrogens with zero attached hydrogens (tertiary/aromatic N) is 3. The maximum Gasteiger partial charge on any atom is 0.317 e. The van der Waals surface area contributed by atoms with Gasteiger partial charge < -0.3 is 19.5 Å². The summed E-state index contributed by atoms with van der Waals surface area (Å²) in [6.07, 6.45) is 1.61. The molecule has 0 radical (unpaired) electrons. The highest BCUT2D eigenvalue weighted by Gasteiger charge is 2.23. The Morgan fingerprint density at radius 3 is 2.73 bits per heavy atom. The fourth-order valence-corrected chi connectivity index (χ4v) is 3.34. The third-order valence-corrected chi connectivity index (χ3v) is 4.98. The maximum atomic E-state index is 12.1. The first-order valence-electron chi connectivity index (χ1n) is 7.37. The largest absolute Gasteiger partial charge is 0.467 e. The number of rotatable bonds is 3. The van der Waals surface area contributed by atoms with Gasteiger partial charge in [0.15, 0.2) is 5.13 Å². The summed E-state index contributed by atoms with van der Waals surface area (Å²) in [6.45, 7) is 7.61. The van der Waals surface area contributed by atoms with E-state index in [1.807, 2.05) is 24.0 Å². The molecule has 6 nitrogen and oxygen atoms in total. The Balaban J connectivity index is 1.49. The molecule has 2 amide bonds. The predicted octanol–water partition coefficient (Wildman–Crippen LogP) is 2.38. The second kappa shape index (κ2) is 6.39. The lowest BCUT2D eigenvalue weighted by Gasteiger charge is -2.34. The van der Waals surface area contributed by atoms with E-state index in [0.717, 1.165) is 29.7 Å². The predicted molar refractivity (Wildman–Crippen MR) is 86.3 cm³/mol. The van der Waals surface area contributed by atoms with Crippen LogP contribution in [-0.2, 0) is 6.54 Å². The van der Waals surface area contributed by atoms with Gasteiger partial charge in [0.2, 0.25) is 0 Å². The summed E-state index contributed by atoms with van der Waals surface area (Å²) in [4.78, 5) is 22.1. The molecule has 1 aliphatic rings. The molecule has 1 fully saturated rings. The van der Waals surface area contributed by atoms with Crippen molar-refractivity contribution in [3.05, 3.63) is 34.7 Å². The average Bonchev–Trinajstić information content (AvgIpc) is 3.16. The molecule has 1 aliphatic heterocycles. The van der Waals surface area contributed by atoms with Gasteiger partial charge in [0.05, 0.1) is 18.5 Å². The second-order valence-electron chi connectivity index (χ2n) is 5.35. The molecule has 0 aromatic carbocycles. The summed E-state index contributed by atoms with van der Waals surface area (Å²) >= 11 is 1.72. The molecular formula is C15H20N4O2S. The van der Waals surface area contributed by atoms with Crippen molar-refractivity contribution in [1.29, 1.82) is 0 Å². The van der Waals surface area contributed by atoms with Crippen molar-refractivity contribution in [2.75, 3.05) is 31.1 Å². The number of thiazole rings is 1. The van der Waals surface area contributed by atoms with E-state index in [0.29, 0.717) is 19.6 Å². The summed E-state index contributed by atoms with van der Waals surface area (Å²) in [5, 5.41) is 3.95. The molecular weight excluding hydrogens is 300 g/mol. The van der Waals surface area contributed by atoms with Gasteiger partial charge in [-0.15, -0.1) is 11.3 Å². The van der Waals surface area contributed by atoms with E-state index in [2.05, 4.69) is 22.1 Å². The van der Waals surface area contributed by atoms with Crippen LogP contribution in [0.1, 0.15) is 16.3 Å². The first-order chi connectivity index (χ1) is 10.6. The van der Waals surface area contributed by atoms with Gasteiger partial charge in [-0.1, -0.05) is 0 Å². The average molecular weight is 320 g/mol. The highest BCUT2D eigenvalue weighted by atomic mass is 32.1. The van der Waals surface area contributed by atoms with Gasteiger partial charge in [-0.05, 0) is 26.0 Å². The zero-order valence-electron chi connectivity index (χ0n) is 12.8. The monoisotopic (exact) mass is 320 g/mol. The Bertz CT molecular complexity index is 611. The van der Waals surface area contributed by atoms with Gasteiger partial charge in [0.25, 0.3) is 0 Å². The van der Waals surface area contributed by atoms with Gasteiger partial charge >= 0.3 is 6.03 Å². The highest BCUT2D eigenvalue weighted by Crippen LogP contribution is 2.25. The molecule has 0 saturated carbocycles. The number of nitrogens with one attached hydrogen (secondary N) is 1. The van der Waals surface area contributed by atoms with Crippen molar-refractivity contribution in [3.8, 4) is 0 Å². The van der Waals surface area contributed by atoms with Crippen LogP contribution < -0.4 is 10.2 Å². The molecule has 1 N–H and O–H groups in total. The summed E-state index contributed by atoms with van der Waals surface area (Å²) in [7, 11) is 0. The number of anilines is 1. The van der Waals surface area contributed by atoms with Gasteiger partial charge in [-0.2, -0.15) is 0 Å². The third-order valence-electron chi connectivity index (χ3n) is 3.85. The van der Waals surface area contributed by atoms with Crippen molar-refractivity contribution in [2.45, 2.75) is 20.4 Å². The van der Waals surface area contributed by atoms with Gasteiger partial charge in [0.1, 0.15) is 5.76 Å². The number of carbonyl (C=O) groups is 1. The molecule has 2 aromatic rings. The molecule has 22 heavy (non-hydrogen) atoms. The number of furan rings is 1. The fourth-order valence-electron chi connectivity index (χ4n) is 2.38. The van der Waals surface area contributed by atoms with E-state index < -0.39 is 0 Å². The van der Waals surface area contributed by atoms with Crippen LogP contribution in [0.5, 0.6) is 0 Å². The Hall–Kier alpha value is -2.02. The van der Waals surface area contributed by atoms with Crippen LogP contribution in [0, 0.1) is 13.8 Å². The van der Waals surface area contributed by atoms with Crippen LogP contribution in [0.15, 0.2) is 22.8 Å². The highest BCUT2D eigenvalue weighted by molar-refractivity contribution is 7.15. The van der Waals surface area contributed by atoms with Gasteiger partial charge in [0, 0.05) is 31.1 Å². The molecule has 3 heterocycles. The molecule has 0 bridgehead atoms. The molecule has 0 unspecified atom stereocenters. The van der Waals surface area contributed by atoms with Crippen molar-refractivity contribution in [2.24, 2.45) is 0 Å². The maximum absolute atomic E-state index is 12.1. The van der Waals surface area contributed by atoms with E-state index in [1.54, 1.807) is 17.6 Å². The first kappa shape index (κ1) is 14.9. The van der Waals surface area contributed by atoms with Crippen LogP contribution in [0.4, 0.5) is 9.93 Å². The summed E-state index contributed by atoms with van der Waals surface area (Å²) in [5.74, 6) is 0.765. The van der Waals surface area contributed by atoms with Crippen LogP contribution in [0.3, 0.4) is 0 Å². The normalized spacial score (nSPS) is 15.2. The lowest BCUT2D eigenvalue weighted by atomic mass is 10.3. The van der Waals surface area contributed by atoms with Crippen molar-refractivity contribution < 1.29 is 9.21 Å². The Morgan fingerprint density at radius 1 is 1.36 bits per heavy atom. The minimum atomic E-state index is -0.0393. The van der Waals surface area contributed by atoms with E-state index >= 15 is 0 Å². The van der Waals surface area contributed by atoms with E-state index in [4.69, 9.17) is 4.42 Å². The number of aromatic nitrogens is 1. The zero-order valence-corrected chi connectivity index (χ0v) is 13.7. The number of carbonyl (C=O) groups excluding carboxylic acids is 1. The Morgan fingerprint density at radius 2 is 2.14 bits per heavy atom. The lowest BCUT2D eigenvalue weighted by Crippen LogP contribution is -2.51.